The summed E-state index contributed by atoms with van der Waals surface area (Å²) in [6.45, 7) is 6.53. The van der Waals surface area contributed by atoms with Crippen LogP contribution in [0.25, 0.3) is 0 Å². The summed E-state index contributed by atoms with van der Waals surface area (Å²) in [5.41, 5.74) is 4.00. The maximum atomic E-state index is 13.3. The minimum atomic E-state index is -0.145. The molecule has 168 valence electrons. The third-order valence-electron chi connectivity index (χ3n) is 7.26. The van der Waals surface area contributed by atoms with Crippen LogP contribution in [-0.2, 0) is 6.54 Å². The summed E-state index contributed by atoms with van der Waals surface area (Å²) in [4.78, 5) is 5.24. The molecule has 5 rings (SSSR count). The van der Waals surface area contributed by atoms with Gasteiger partial charge in [-0.2, -0.15) is 11.3 Å². The molecule has 2 aliphatic heterocycles. The molecule has 0 aliphatic carbocycles. The van der Waals surface area contributed by atoms with Crippen LogP contribution in [0.4, 0.5) is 4.39 Å². The molecule has 32 heavy (non-hydrogen) atoms. The Labute approximate surface area is 199 Å². The van der Waals surface area contributed by atoms with Crippen molar-refractivity contribution in [2.45, 2.75) is 31.2 Å². The predicted molar refractivity (Wildman–Crippen MR) is 132 cm³/mol. The van der Waals surface area contributed by atoms with Crippen molar-refractivity contribution in [2.24, 2.45) is 5.92 Å². The number of halogens is 2. The van der Waals surface area contributed by atoms with Gasteiger partial charge in [-0.15, -0.1) is 0 Å². The SMILES string of the molecule is Fc1ccc(C2CCN(CC3CN(Cc4ccccc4Cl)CC3c3ccsc3)CC2)cc1. The molecule has 3 aromatic rings. The Morgan fingerprint density at radius 2 is 1.69 bits per heavy atom. The Kier molecular flexibility index (Phi) is 6.94. The van der Waals surface area contributed by atoms with Crippen molar-refractivity contribution in [1.82, 2.24) is 9.80 Å². The minimum Gasteiger partial charge on any atom is -0.303 e. The Bertz CT molecular complexity index is 999. The molecule has 0 N–H and O–H groups in total. The smallest absolute Gasteiger partial charge is 0.123 e. The first kappa shape index (κ1) is 22.1. The molecule has 2 fully saturated rings. The standard InChI is InChI=1S/C27H30ClFN2S/c28-27-4-2-1-3-22(27)15-31-17-24(26(18-31)23-11-14-32-19-23)16-30-12-9-21(10-13-30)20-5-7-25(29)8-6-20/h1-8,11,14,19,21,24,26H,9-10,12-13,15-18H2. The minimum absolute atomic E-state index is 0.145. The second-order valence-electron chi connectivity index (χ2n) is 9.34. The summed E-state index contributed by atoms with van der Waals surface area (Å²) in [5, 5.41) is 5.40. The molecule has 0 saturated carbocycles. The molecule has 0 radical (unpaired) electrons. The van der Waals surface area contributed by atoms with E-state index in [2.05, 4.69) is 38.8 Å². The highest BCUT2D eigenvalue weighted by molar-refractivity contribution is 7.08. The zero-order valence-corrected chi connectivity index (χ0v) is 19.9. The van der Waals surface area contributed by atoms with Crippen LogP contribution in [-0.4, -0.2) is 42.5 Å². The van der Waals surface area contributed by atoms with Crippen LogP contribution in [0.1, 0.15) is 41.4 Å². The molecule has 2 saturated heterocycles. The van der Waals surface area contributed by atoms with Gasteiger partial charge in [-0.05, 0) is 89.5 Å². The van der Waals surface area contributed by atoms with Crippen molar-refractivity contribution in [1.29, 1.82) is 0 Å². The van der Waals surface area contributed by atoms with E-state index in [1.807, 2.05) is 24.3 Å². The van der Waals surface area contributed by atoms with Gasteiger partial charge in [-0.3, -0.25) is 4.90 Å². The Morgan fingerprint density at radius 3 is 2.41 bits per heavy atom. The van der Waals surface area contributed by atoms with Gasteiger partial charge in [0.1, 0.15) is 5.82 Å². The second kappa shape index (κ2) is 10.0. The maximum Gasteiger partial charge on any atom is 0.123 e. The van der Waals surface area contributed by atoms with Gasteiger partial charge in [0, 0.05) is 37.1 Å². The van der Waals surface area contributed by atoms with Gasteiger partial charge >= 0.3 is 0 Å². The van der Waals surface area contributed by atoms with Crippen molar-refractivity contribution < 1.29 is 4.39 Å². The number of benzene rings is 2. The zero-order chi connectivity index (χ0) is 21.9. The first-order valence-corrected chi connectivity index (χ1v) is 12.9. The van der Waals surface area contributed by atoms with Gasteiger partial charge in [0.2, 0.25) is 0 Å². The van der Waals surface area contributed by atoms with E-state index in [9.17, 15) is 4.39 Å². The van der Waals surface area contributed by atoms with E-state index in [1.54, 1.807) is 23.5 Å². The van der Waals surface area contributed by atoms with Crippen LogP contribution < -0.4 is 0 Å². The lowest BCUT2D eigenvalue weighted by Gasteiger charge is -2.34. The largest absolute Gasteiger partial charge is 0.303 e. The van der Waals surface area contributed by atoms with Crippen LogP contribution in [0.3, 0.4) is 0 Å². The lowest BCUT2D eigenvalue weighted by atomic mass is 9.87. The lowest BCUT2D eigenvalue weighted by Crippen LogP contribution is -2.38. The fourth-order valence-corrected chi connectivity index (χ4v) is 6.44. The van der Waals surface area contributed by atoms with E-state index in [0.29, 0.717) is 17.8 Å². The second-order valence-corrected chi connectivity index (χ2v) is 10.5. The average Bonchev–Trinajstić information content (AvgIpc) is 3.47. The molecule has 2 atom stereocenters. The number of nitrogens with zero attached hydrogens (tertiary/aromatic N) is 2. The summed E-state index contributed by atoms with van der Waals surface area (Å²) in [6.07, 6.45) is 2.32. The molecule has 3 heterocycles. The molecular weight excluding hydrogens is 439 g/mol. The van der Waals surface area contributed by atoms with Gasteiger partial charge in [-0.25, -0.2) is 4.39 Å². The zero-order valence-electron chi connectivity index (χ0n) is 18.3. The lowest BCUT2D eigenvalue weighted by molar-refractivity contribution is 0.177. The van der Waals surface area contributed by atoms with Crippen molar-refractivity contribution in [3.63, 3.8) is 0 Å². The molecule has 2 unspecified atom stereocenters. The van der Waals surface area contributed by atoms with E-state index in [1.165, 1.54) is 16.7 Å². The van der Waals surface area contributed by atoms with Crippen molar-refractivity contribution in [3.8, 4) is 0 Å². The van der Waals surface area contributed by atoms with E-state index in [-0.39, 0.29) is 5.82 Å². The molecule has 2 aromatic carbocycles. The Balaban J connectivity index is 1.22. The van der Waals surface area contributed by atoms with Gasteiger partial charge in [0.15, 0.2) is 0 Å². The highest BCUT2D eigenvalue weighted by Crippen LogP contribution is 2.37. The van der Waals surface area contributed by atoms with E-state index in [0.717, 1.165) is 57.1 Å². The monoisotopic (exact) mass is 468 g/mol. The summed E-state index contributed by atoms with van der Waals surface area (Å²) in [6, 6.07) is 17.7. The highest BCUT2D eigenvalue weighted by Gasteiger charge is 2.36. The predicted octanol–water partition coefficient (Wildman–Crippen LogP) is 6.64. The first-order valence-electron chi connectivity index (χ1n) is 11.6. The Hall–Kier alpha value is -1.72. The number of thiophene rings is 1. The van der Waals surface area contributed by atoms with E-state index in [4.69, 9.17) is 11.6 Å². The third kappa shape index (κ3) is 5.09. The van der Waals surface area contributed by atoms with Crippen molar-refractivity contribution >= 4 is 22.9 Å². The third-order valence-corrected chi connectivity index (χ3v) is 8.33. The number of likely N-dealkylation sites (tertiary alicyclic amines) is 2. The van der Waals surface area contributed by atoms with Crippen LogP contribution in [0.5, 0.6) is 0 Å². The topological polar surface area (TPSA) is 6.48 Å². The molecule has 0 spiro atoms. The molecule has 0 bridgehead atoms. The molecule has 5 heteroatoms. The number of rotatable bonds is 6. The molecule has 1 aromatic heterocycles. The van der Waals surface area contributed by atoms with Crippen LogP contribution in [0, 0.1) is 11.7 Å². The van der Waals surface area contributed by atoms with Gasteiger partial charge in [-0.1, -0.05) is 41.9 Å². The summed E-state index contributed by atoms with van der Waals surface area (Å²) in [7, 11) is 0. The number of hydrogen-bond acceptors (Lipinski definition) is 3. The number of hydrogen-bond donors (Lipinski definition) is 0. The fraction of sp³-hybridized carbons (Fsp3) is 0.407. The normalized spacial score (nSPS) is 23.1. The van der Waals surface area contributed by atoms with Crippen LogP contribution in [0.2, 0.25) is 5.02 Å². The molecule has 2 nitrogen and oxygen atoms in total. The fourth-order valence-electron chi connectivity index (χ4n) is 5.52. The maximum absolute atomic E-state index is 13.3. The molecule has 2 aliphatic rings. The summed E-state index contributed by atoms with van der Waals surface area (Å²) >= 11 is 8.25. The Morgan fingerprint density at radius 1 is 0.906 bits per heavy atom. The van der Waals surface area contributed by atoms with Gasteiger partial charge in [0.25, 0.3) is 0 Å². The van der Waals surface area contributed by atoms with E-state index >= 15 is 0 Å². The van der Waals surface area contributed by atoms with Crippen molar-refractivity contribution in [2.75, 3.05) is 32.7 Å². The van der Waals surface area contributed by atoms with Gasteiger partial charge in [0.05, 0.1) is 0 Å². The van der Waals surface area contributed by atoms with E-state index < -0.39 is 0 Å². The van der Waals surface area contributed by atoms with Gasteiger partial charge < -0.3 is 4.90 Å². The summed E-state index contributed by atoms with van der Waals surface area (Å²) < 4.78 is 13.3. The highest BCUT2D eigenvalue weighted by atomic mass is 35.5. The van der Waals surface area contributed by atoms with Crippen LogP contribution in [0.15, 0.2) is 65.4 Å². The molecule has 0 amide bonds. The van der Waals surface area contributed by atoms with Crippen LogP contribution >= 0.6 is 22.9 Å². The molecular formula is C27H30ClFN2S. The quantitative estimate of drug-likeness (QED) is 0.400. The van der Waals surface area contributed by atoms with Crippen molar-refractivity contribution in [3.05, 3.63) is 92.9 Å². The summed E-state index contributed by atoms with van der Waals surface area (Å²) in [5.74, 6) is 1.63. The number of piperidine rings is 1. The first-order chi connectivity index (χ1) is 15.7. The average molecular weight is 469 g/mol.